The number of allylic oxidation sites excluding steroid dienone is 12. The van der Waals surface area contributed by atoms with Gasteiger partial charge in [-0.3, -0.25) is 9.59 Å². The first kappa shape index (κ1) is 43.3. The average Bonchev–Trinajstić information content (AvgIpc) is 3.02. The number of rotatable bonds is 5. The average molecular weight is 809 g/mol. The van der Waals surface area contributed by atoms with Crippen LogP contribution in [0.25, 0.3) is 11.1 Å². The number of halogens is 4. The topological polar surface area (TPSA) is 83.6 Å². The molecule has 0 atom stereocenters. The molecule has 2 aliphatic carbocycles. The van der Waals surface area contributed by atoms with E-state index >= 15 is 0 Å². The number of carbonyl (C=O) groups excluding carboxylic acids is 2. The lowest BCUT2D eigenvalue weighted by Crippen LogP contribution is -2.28. The molecular weight excluding hydrogens is 758 g/mol. The van der Waals surface area contributed by atoms with Crippen LogP contribution in [0.1, 0.15) is 96.9 Å². The molecule has 0 amide bonds. The normalized spacial score (nSPS) is 16.3. The van der Waals surface area contributed by atoms with Crippen LogP contribution in [-0.4, -0.2) is 11.6 Å². The van der Waals surface area contributed by atoms with Crippen LogP contribution < -0.4 is 0 Å². The monoisotopic (exact) mass is 806 g/mol. The molecule has 0 spiro atoms. The highest BCUT2D eigenvalue weighted by atomic mass is 35.5. The molecule has 10 heteroatoms. The third-order valence-corrected chi connectivity index (χ3v) is 10.5. The van der Waals surface area contributed by atoms with Gasteiger partial charge in [-0.1, -0.05) is 129 Å². The Hall–Kier alpha value is -3.42. The quantitative estimate of drug-likeness (QED) is 0.282. The fourth-order valence-electron chi connectivity index (χ4n) is 5.92. The third-order valence-electron chi connectivity index (χ3n) is 9.22. The summed E-state index contributed by atoms with van der Waals surface area (Å²) < 4.78 is 0. The summed E-state index contributed by atoms with van der Waals surface area (Å²) in [5, 5.41) is 19.1. The summed E-state index contributed by atoms with van der Waals surface area (Å²) in [4.78, 5) is 26.8. The van der Waals surface area contributed by atoms with Gasteiger partial charge in [0.05, 0.1) is 31.5 Å². The molecule has 0 fully saturated rings. The van der Waals surface area contributed by atoms with E-state index in [2.05, 4.69) is 20.5 Å². The Morgan fingerprint density at radius 3 is 0.944 bits per heavy atom. The van der Waals surface area contributed by atoms with Crippen LogP contribution in [0.3, 0.4) is 0 Å². The van der Waals surface area contributed by atoms with Gasteiger partial charge in [0.25, 0.3) is 0 Å². The largest absolute Gasteiger partial charge is 0.289 e. The molecule has 0 bridgehead atoms. The second-order valence-electron chi connectivity index (χ2n) is 17.9. The van der Waals surface area contributed by atoms with Crippen molar-refractivity contribution >= 4 is 69.3 Å². The van der Waals surface area contributed by atoms with Crippen LogP contribution in [0.4, 0.5) is 11.4 Å². The van der Waals surface area contributed by atoms with E-state index in [-0.39, 0.29) is 33.2 Å². The fraction of sp³-hybridized carbons (Fsp3) is 0.409. The van der Waals surface area contributed by atoms with Crippen molar-refractivity contribution < 1.29 is 9.59 Å². The summed E-state index contributed by atoms with van der Waals surface area (Å²) in [5.41, 5.74) is 6.20. The number of azo groups is 2. The maximum atomic E-state index is 13.4. The van der Waals surface area contributed by atoms with Crippen molar-refractivity contribution in [3.05, 3.63) is 113 Å². The maximum absolute atomic E-state index is 13.4. The van der Waals surface area contributed by atoms with Crippen LogP contribution in [0, 0.1) is 21.7 Å². The Morgan fingerprint density at radius 1 is 0.444 bits per heavy atom. The van der Waals surface area contributed by atoms with Crippen molar-refractivity contribution in [2.75, 3.05) is 0 Å². The Labute approximate surface area is 340 Å². The number of ketones is 2. The molecule has 54 heavy (non-hydrogen) atoms. The molecule has 2 aromatic rings. The van der Waals surface area contributed by atoms with Crippen LogP contribution in [-0.2, 0) is 9.59 Å². The van der Waals surface area contributed by atoms with Crippen LogP contribution in [0.2, 0.25) is 20.1 Å². The van der Waals surface area contributed by atoms with E-state index in [4.69, 9.17) is 46.4 Å². The highest BCUT2D eigenvalue weighted by molar-refractivity contribution is 6.40. The minimum Gasteiger partial charge on any atom is -0.289 e. The SMILES string of the molecule is CC(/N=N/c1cc(Cl)c(-c2cc(Cl)c(/N=N/C(C)=C3C=C(C(C)(C)C)C(=O)C(C(C)(C)C)=C3)cc2Cl)cc1Cl)=C1C=C(C(C)(C)C)C(=O)C(C(C)(C)C)=C1. The van der Waals surface area contributed by atoms with Gasteiger partial charge in [-0.15, -0.1) is 10.2 Å². The van der Waals surface area contributed by atoms with Gasteiger partial charge in [-0.05, 0) is 95.2 Å². The van der Waals surface area contributed by atoms with Crippen LogP contribution in [0.15, 0.2) is 114 Å². The number of benzene rings is 2. The Kier molecular flexibility index (Phi) is 12.5. The number of hydrogen-bond donors (Lipinski definition) is 0. The fourth-order valence-corrected chi connectivity index (χ4v) is 6.84. The number of hydrogen-bond acceptors (Lipinski definition) is 6. The second kappa shape index (κ2) is 15.6. The Morgan fingerprint density at radius 2 is 0.704 bits per heavy atom. The molecule has 0 aromatic heterocycles. The van der Waals surface area contributed by atoms with Crippen molar-refractivity contribution in [2.45, 2.75) is 96.9 Å². The lowest BCUT2D eigenvalue weighted by Gasteiger charge is -2.31. The van der Waals surface area contributed by atoms with Gasteiger partial charge in [-0.2, -0.15) is 10.2 Å². The molecule has 0 aliphatic heterocycles. The van der Waals surface area contributed by atoms with E-state index in [9.17, 15) is 9.59 Å². The first-order chi connectivity index (χ1) is 24.6. The summed E-state index contributed by atoms with van der Waals surface area (Å²) in [7, 11) is 0. The summed E-state index contributed by atoms with van der Waals surface area (Å²) >= 11 is 27.0. The van der Waals surface area contributed by atoms with E-state index in [1.165, 1.54) is 0 Å². The minimum absolute atomic E-state index is 0.0497. The zero-order valence-corrected chi connectivity index (χ0v) is 36.8. The second-order valence-corrected chi connectivity index (χ2v) is 19.6. The molecule has 4 rings (SSSR count). The smallest absolute Gasteiger partial charge is 0.186 e. The maximum Gasteiger partial charge on any atom is 0.186 e. The van der Waals surface area contributed by atoms with Crippen molar-refractivity contribution in [3.63, 3.8) is 0 Å². The Balaban J connectivity index is 1.68. The van der Waals surface area contributed by atoms with E-state index in [1.54, 1.807) is 24.3 Å². The molecule has 286 valence electrons. The van der Waals surface area contributed by atoms with Crippen molar-refractivity contribution in [1.82, 2.24) is 0 Å². The van der Waals surface area contributed by atoms with Gasteiger partial charge in [-0.25, -0.2) is 0 Å². The van der Waals surface area contributed by atoms with E-state index in [1.807, 2.05) is 121 Å². The van der Waals surface area contributed by atoms with Gasteiger partial charge in [0.15, 0.2) is 11.6 Å². The van der Waals surface area contributed by atoms with Gasteiger partial charge in [0.1, 0.15) is 11.4 Å². The predicted octanol–water partition coefficient (Wildman–Crippen LogP) is 15.7. The number of carbonyl (C=O) groups is 2. The molecule has 0 unspecified atom stereocenters. The molecule has 0 radical (unpaired) electrons. The number of nitrogens with zero attached hydrogens (tertiary/aromatic N) is 4. The van der Waals surface area contributed by atoms with Crippen LogP contribution >= 0.6 is 46.4 Å². The molecule has 0 N–H and O–H groups in total. The molecule has 2 aromatic carbocycles. The first-order valence-electron chi connectivity index (χ1n) is 17.8. The Bertz CT molecular complexity index is 1960. The first-order valence-corrected chi connectivity index (χ1v) is 19.3. The predicted molar refractivity (Wildman–Crippen MR) is 227 cm³/mol. The summed E-state index contributed by atoms with van der Waals surface area (Å²) in [6, 6.07) is 6.59. The van der Waals surface area contributed by atoms with Gasteiger partial charge >= 0.3 is 0 Å². The minimum atomic E-state index is -0.349. The molecule has 0 saturated heterocycles. The van der Waals surface area contributed by atoms with Crippen LogP contribution in [0.5, 0.6) is 0 Å². The zero-order valence-electron chi connectivity index (χ0n) is 33.7. The number of Topliss-reactive ketones (excluding diaryl/α,β-unsaturated/α-hetero) is 2. The van der Waals surface area contributed by atoms with E-state index in [0.29, 0.717) is 54.0 Å². The summed E-state index contributed by atoms with van der Waals surface area (Å²) in [6.45, 7) is 28.0. The zero-order chi connectivity index (χ0) is 40.9. The molecule has 0 saturated carbocycles. The van der Waals surface area contributed by atoms with Crippen molar-refractivity contribution in [1.29, 1.82) is 0 Å². The van der Waals surface area contributed by atoms with Gasteiger partial charge in [0, 0.05) is 33.4 Å². The van der Waals surface area contributed by atoms with Gasteiger partial charge < -0.3 is 0 Å². The molecule has 6 nitrogen and oxygen atoms in total. The third kappa shape index (κ3) is 9.68. The summed E-state index contributed by atoms with van der Waals surface area (Å²) in [6.07, 6.45) is 7.59. The van der Waals surface area contributed by atoms with Gasteiger partial charge in [0.2, 0.25) is 0 Å². The van der Waals surface area contributed by atoms with E-state index < -0.39 is 0 Å². The van der Waals surface area contributed by atoms with Crippen molar-refractivity contribution in [2.24, 2.45) is 42.1 Å². The van der Waals surface area contributed by atoms with E-state index in [0.717, 1.165) is 33.4 Å². The lowest BCUT2D eigenvalue weighted by molar-refractivity contribution is -0.114. The summed E-state index contributed by atoms with van der Waals surface area (Å²) in [5.74, 6) is 0.0994. The molecule has 0 heterocycles. The lowest BCUT2D eigenvalue weighted by atomic mass is 9.72. The standard InChI is InChI=1S/C44H50Cl4N4O2/c1-23(25-15-29(41(3,4)5)39(53)30(16-25)42(6,7)8)49-51-37-21-33(45)27(19-35(37)47)28-20-36(48)38(22-34(28)46)52-50-24(2)26-17-31(43(9,10)11)40(54)32(18-26)44(12,13)14/h15-22H,1-14H3/b51-49+,52-50+. The molecular formula is C44H50Cl4N4O2. The molecule has 2 aliphatic rings. The highest BCUT2D eigenvalue weighted by Crippen LogP contribution is 2.45. The highest BCUT2D eigenvalue weighted by Gasteiger charge is 2.36. The van der Waals surface area contributed by atoms with Crippen molar-refractivity contribution in [3.8, 4) is 11.1 Å².